The Labute approximate surface area is 177 Å². The molecule has 1 amide bonds. The van der Waals surface area contributed by atoms with Gasteiger partial charge in [0.2, 0.25) is 11.7 Å². The average Bonchev–Trinajstić information content (AvgIpc) is 3.05. The second-order valence-corrected chi connectivity index (χ2v) is 8.82. The van der Waals surface area contributed by atoms with Crippen LogP contribution in [-0.4, -0.2) is 63.6 Å². The van der Waals surface area contributed by atoms with Gasteiger partial charge in [0.1, 0.15) is 17.5 Å². The van der Waals surface area contributed by atoms with Crippen LogP contribution in [0.2, 0.25) is 0 Å². The van der Waals surface area contributed by atoms with E-state index in [9.17, 15) is 13.6 Å². The van der Waals surface area contributed by atoms with Crippen molar-refractivity contribution < 1.29 is 13.6 Å². The minimum atomic E-state index is -3.17. The van der Waals surface area contributed by atoms with Crippen molar-refractivity contribution in [3.05, 3.63) is 36.4 Å². The van der Waals surface area contributed by atoms with Gasteiger partial charge in [-0.2, -0.15) is 8.78 Å². The van der Waals surface area contributed by atoms with Crippen LogP contribution in [0.4, 0.5) is 20.4 Å². The molecule has 1 spiro atoms. The zero-order chi connectivity index (χ0) is 22.0. The molecule has 31 heavy (non-hydrogen) atoms. The molecule has 5 heterocycles. The molecule has 5 rings (SSSR count). The minimum absolute atomic E-state index is 0.240. The summed E-state index contributed by atoms with van der Waals surface area (Å²) in [5, 5.41) is 3.45. The number of nitrogens with one attached hydrogen (secondary N) is 1. The molecule has 0 unspecified atom stereocenters. The molecule has 3 aromatic heterocycles. The zero-order valence-corrected chi connectivity index (χ0v) is 17.6. The number of pyridine rings is 1. The molecule has 1 N–H and O–H groups in total. The third kappa shape index (κ3) is 3.50. The maximum absolute atomic E-state index is 14.2. The minimum Gasteiger partial charge on any atom is -0.355 e. The number of alkyl halides is 2. The molecule has 162 valence electrons. The van der Waals surface area contributed by atoms with Crippen molar-refractivity contribution in [1.29, 1.82) is 0 Å². The maximum atomic E-state index is 14.2. The van der Waals surface area contributed by atoms with E-state index in [1.165, 1.54) is 6.92 Å². The Morgan fingerprint density at radius 2 is 1.87 bits per heavy atom. The normalized spacial score (nSPS) is 18.2. The van der Waals surface area contributed by atoms with E-state index in [4.69, 9.17) is 0 Å². The van der Waals surface area contributed by atoms with Crippen molar-refractivity contribution in [3.63, 3.8) is 0 Å². The van der Waals surface area contributed by atoms with Gasteiger partial charge < -0.3 is 19.7 Å². The van der Waals surface area contributed by atoms with Gasteiger partial charge in [-0.25, -0.2) is 15.0 Å². The highest BCUT2D eigenvalue weighted by atomic mass is 19.3. The Hall–Kier alpha value is -3.14. The lowest BCUT2D eigenvalue weighted by Crippen LogP contribution is -2.71. The monoisotopic (exact) mass is 427 g/mol. The summed E-state index contributed by atoms with van der Waals surface area (Å²) in [7, 11) is 2.08. The third-order valence-corrected chi connectivity index (χ3v) is 5.80. The van der Waals surface area contributed by atoms with Gasteiger partial charge in [-0.05, 0) is 13.1 Å². The Balaban J connectivity index is 1.55. The van der Waals surface area contributed by atoms with E-state index < -0.39 is 11.7 Å². The van der Waals surface area contributed by atoms with E-state index in [1.807, 2.05) is 11.0 Å². The lowest BCUT2D eigenvalue weighted by Gasteiger charge is -2.59. The summed E-state index contributed by atoms with van der Waals surface area (Å²) in [4.78, 5) is 28.2. The van der Waals surface area contributed by atoms with Gasteiger partial charge in [0.25, 0.3) is 0 Å². The highest BCUT2D eigenvalue weighted by molar-refractivity contribution is 5.91. The Kier molecular flexibility index (Phi) is 4.27. The van der Waals surface area contributed by atoms with Crippen LogP contribution in [0.15, 0.2) is 30.6 Å². The van der Waals surface area contributed by atoms with E-state index in [2.05, 4.69) is 32.2 Å². The number of carbonyl (C=O) groups is 1. The number of amides is 1. The van der Waals surface area contributed by atoms with Crippen LogP contribution in [0.5, 0.6) is 0 Å². The van der Waals surface area contributed by atoms with E-state index in [-0.39, 0.29) is 11.3 Å². The van der Waals surface area contributed by atoms with Crippen molar-refractivity contribution in [2.75, 3.05) is 43.4 Å². The molecular formula is C21H23F2N7O. The molecule has 2 aliphatic heterocycles. The van der Waals surface area contributed by atoms with Crippen LogP contribution < -0.4 is 10.2 Å². The van der Waals surface area contributed by atoms with Crippen molar-refractivity contribution in [2.45, 2.75) is 19.8 Å². The predicted octanol–water partition coefficient (Wildman–Crippen LogP) is 2.64. The first-order valence-corrected chi connectivity index (χ1v) is 10.1. The summed E-state index contributed by atoms with van der Waals surface area (Å²) in [6.07, 6.45) is 3.38. The highest BCUT2D eigenvalue weighted by Crippen LogP contribution is 2.41. The fourth-order valence-corrected chi connectivity index (χ4v) is 4.60. The lowest BCUT2D eigenvalue weighted by molar-refractivity contribution is -0.114. The number of hydrogen-bond donors (Lipinski definition) is 1. The van der Waals surface area contributed by atoms with E-state index in [0.29, 0.717) is 23.0 Å². The summed E-state index contributed by atoms with van der Waals surface area (Å²) in [6.45, 7) is 5.83. The van der Waals surface area contributed by atoms with Crippen molar-refractivity contribution in [1.82, 2.24) is 24.4 Å². The third-order valence-electron chi connectivity index (χ3n) is 5.80. The number of likely N-dealkylation sites (tertiary alicyclic amines) is 1. The molecule has 0 aliphatic carbocycles. The zero-order valence-electron chi connectivity index (χ0n) is 17.6. The molecule has 0 radical (unpaired) electrons. The van der Waals surface area contributed by atoms with Gasteiger partial charge in [0.05, 0.1) is 5.52 Å². The van der Waals surface area contributed by atoms with E-state index in [0.717, 1.165) is 38.5 Å². The fraction of sp³-hybridized carbons (Fsp3) is 0.429. The Morgan fingerprint density at radius 3 is 2.52 bits per heavy atom. The Morgan fingerprint density at radius 1 is 1.16 bits per heavy atom. The molecule has 0 atom stereocenters. The summed E-state index contributed by atoms with van der Waals surface area (Å²) >= 11 is 0. The van der Waals surface area contributed by atoms with E-state index >= 15 is 0 Å². The maximum Gasteiger partial charge on any atom is 0.303 e. The number of nitrogens with zero attached hydrogens (tertiary/aromatic N) is 6. The molecule has 2 aliphatic rings. The van der Waals surface area contributed by atoms with Crippen LogP contribution >= 0.6 is 0 Å². The number of halogens is 2. The first kappa shape index (κ1) is 19.8. The van der Waals surface area contributed by atoms with Gasteiger partial charge in [-0.3, -0.25) is 4.79 Å². The van der Waals surface area contributed by atoms with Crippen LogP contribution in [0.1, 0.15) is 19.7 Å². The molecule has 2 fully saturated rings. The van der Waals surface area contributed by atoms with Crippen LogP contribution in [-0.2, 0) is 10.7 Å². The summed E-state index contributed by atoms with van der Waals surface area (Å²) in [5.74, 6) is -2.69. The number of fused-ring (bicyclic) bond motifs is 1. The van der Waals surface area contributed by atoms with Crippen molar-refractivity contribution in [2.24, 2.45) is 5.41 Å². The molecule has 2 saturated heterocycles. The van der Waals surface area contributed by atoms with E-state index in [1.54, 1.807) is 29.1 Å². The van der Waals surface area contributed by atoms with Gasteiger partial charge >= 0.3 is 5.92 Å². The van der Waals surface area contributed by atoms with Gasteiger partial charge in [-0.15, -0.1) is 0 Å². The number of anilines is 2. The molecule has 0 aromatic carbocycles. The number of rotatable bonds is 4. The first-order valence-electron chi connectivity index (χ1n) is 10.1. The number of hydrogen-bond acceptors (Lipinski definition) is 6. The second kappa shape index (κ2) is 6.68. The lowest BCUT2D eigenvalue weighted by atomic mass is 9.73. The SMILES string of the molecule is CC(=O)Nc1cc2c(ccn2-c2cc(N3CC4(CN(C)C4)C3)nc(C(C)(F)F)n2)cn1. The quantitative estimate of drug-likeness (QED) is 0.690. The largest absolute Gasteiger partial charge is 0.355 e. The van der Waals surface area contributed by atoms with Crippen molar-refractivity contribution >= 4 is 28.4 Å². The fourth-order valence-electron chi connectivity index (χ4n) is 4.60. The van der Waals surface area contributed by atoms with Gasteiger partial charge in [0, 0.05) is 75.4 Å². The summed E-state index contributed by atoms with van der Waals surface area (Å²) in [6, 6.07) is 5.27. The first-order chi connectivity index (χ1) is 14.6. The average molecular weight is 427 g/mol. The topological polar surface area (TPSA) is 79.2 Å². The smallest absolute Gasteiger partial charge is 0.303 e. The molecule has 8 nitrogen and oxygen atoms in total. The van der Waals surface area contributed by atoms with Crippen LogP contribution in [0.3, 0.4) is 0 Å². The van der Waals surface area contributed by atoms with Gasteiger partial charge in [0.15, 0.2) is 0 Å². The van der Waals surface area contributed by atoms with Gasteiger partial charge in [-0.1, -0.05) is 0 Å². The molecular weight excluding hydrogens is 404 g/mol. The standard InChI is InChI=1S/C21H23F2N7O/c1-13(31)25-16-6-15-14(8-24-16)4-5-30(15)18-7-17(26-19(27-18)20(2,22)23)29-11-21(12-29)9-28(3)10-21/h4-8H,9-12H2,1-3H3,(H,24,25,31). The van der Waals surface area contributed by atoms with Crippen molar-refractivity contribution in [3.8, 4) is 5.82 Å². The van der Waals surface area contributed by atoms with Crippen LogP contribution in [0, 0.1) is 5.41 Å². The second-order valence-electron chi connectivity index (χ2n) is 8.82. The molecule has 0 bridgehead atoms. The number of carbonyl (C=O) groups excluding carboxylic acids is 1. The molecule has 3 aromatic rings. The molecule has 10 heteroatoms. The molecule has 0 saturated carbocycles. The highest BCUT2D eigenvalue weighted by Gasteiger charge is 2.51. The van der Waals surface area contributed by atoms with Crippen LogP contribution in [0.25, 0.3) is 16.7 Å². The Bertz CT molecular complexity index is 1170. The summed E-state index contributed by atoms with van der Waals surface area (Å²) in [5.41, 5.74) is 0.947. The number of aromatic nitrogens is 4. The summed E-state index contributed by atoms with van der Waals surface area (Å²) < 4.78 is 30.2. The predicted molar refractivity (Wildman–Crippen MR) is 113 cm³/mol.